The first kappa shape index (κ1) is 16.6. The first-order chi connectivity index (χ1) is 12.8. The van der Waals surface area contributed by atoms with Crippen LogP contribution >= 0.6 is 0 Å². The molecule has 3 aromatic rings. The van der Waals surface area contributed by atoms with E-state index in [1.165, 1.54) is 16.7 Å². The Kier molecular flexibility index (Phi) is 4.83. The van der Waals surface area contributed by atoms with E-state index in [4.69, 9.17) is 4.99 Å². The smallest absolute Gasteiger partial charge is 0.101 e. The van der Waals surface area contributed by atoms with E-state index in [-0.39, 0.29) is 12.1 Å². The van der Waals surface area contributed by atoms with Crippen molar-refractivity contribution in [2.75, 3.05) is 0 Å². The highest BCUT2D eigenvalue weighted by molar-refractivity contribution is 5.85. The second-order valence-corrected chi connectivity index (χ2v) is 6.98. The zero-order valence-electron chi connectivity index (χ0n) is 15.0. The van der Waals surface area contributed by atoms with Crippen LogP contribution in [-0.4, -0.2) is 5.84 Å². The van der Waals surface area contributed by atoms with E-state index in [0.717, 1.165) is 12.3 Å². The summed E-state index contributed by atoms with van der Waals surface area (Å²) in [7, 11) is 0. The number of hydrogen-bond acceptors (Lipinski definition) is 2. The van der Waals surface area contributed by atoms with Crippen molar-refractivity contribution in [1.29, 1.82) is 0 Å². The van der Waals surface area contributed by atoms with Gasteiger partial charge in [0.2, 0.25) is 0 Å². The molecule has 0 spiro atoms. The third-order valence-corrected chi connectivity index (χ3v) is 5.10. The van der Waals surface area contributed by atoms with Crippen LogP contribution in [0.3, 0.4) is 0 Å². The van der Waals surface area contributed by atoms with E-state index in [9.17, 15) is 0 Å². The molecule has 0 fully saturated rings. The lowest BCUT2D eigenvalue weighted by Gasteiger charge is -2.20. The van der Waals surface area contributed by atoms with Crippen LogP contribution in [0.2, 0.25) is 0 Å². The molecule has 26 heavy (non-hydrogen) atoms. The van der Waals surface area contributed by atoms with Crippen molar-refractivity contribution in [3.05, 3.63) is 108 Å². The van der Waals surface area contributed by atoms with Gasteiger partial charge in [-0.15, -0.1) is 0 Å². The third-order valence-electron chi connectivity index (χ3n) is 5.10. The number of aliphatic imine (C=N–C) groups is 1. The summed E-state index contributed by atoms with van der Waals surface area (Å²) in [6, 6.07) is 32.2. The second-order valence-electron chi connectivity index (χ2n) is 6.98. The average molecular weight is 340 g/mol. The van der Waals surface area contributed by atoms with E-state index in [1.54, 1.807) is 0 Å². The van der Waals surface area contributed by atoms with Crippen molar-refractivity contribution in [3.63, 3.8) is 0 Å². The Balaban J connectivity index is 1.60. The topological polar surface area (TPSA) is 24.4 Å². The molecule has 1 aliphatic heterocycles. The lowest BCUT2D eigenvalue weighted by molar-refractivity contribution is 0.570. The van der Waals surface area contributed by atoms with Crippen LogP contribution in [-0.2, 0) is 0 Å². The highest BCUT2D eigenvalue weighted by Gasteiger charge is 2.31. The quantitative estimate of drug-likeness (QED) is 0.636. The summed E-state index contributed by atoms with van der Waals surface area (Å²) in [5.74, 6) is 1.54. The lowest BCUT2D eigenvalue weighted by Crippen LogP contribution is -2.25. The van der Waals surface area contributed by atoms with Crippen LogP contribution in [0.25, 0.3) is 0 Å². The minimum atomic E-state index is 0.122. The molecule has 1 N–H and O–H groups in total. The molecule has 0 bridgehead atoms. The van der Waals surface area contributed by atoms with E-state index < -0.39 is 0 Å². The molecule has 4 rings (SSSR count). The number of amidine groups is 1. The van der Waals surface area contributed by atoms with E-state index in [2.05, 4.69) is 103 Å². The van der Waals surface area contributed by atoms with Gasteiger partial charge in [-0.05, 0) is 22.6 Å². The molecule has 3 atom stereocenters. The Bertz CT molecular complexity index is 856. The number of hydrogen-bond donors (Lipinski definition) is 1. The molecule has 1 aliphatic rings. The molecule has 0 amide bonds. The van der Waals surface area contributed by atoms with Crippen molar-refractivity contribution in [1.82, 2.24) is 5.32 Å². The van der Waals surface area contributed by atoms with E-state index in [0.29, 0.717) is 5.92 Å². The molecule has 0 saturated carbocycles. The van der Waals surface area contributed by atoms with Gasteiger partial charge in [0.05, 0.1) is 11.9 Å². The van der Waals surface area contributed by atoms with Gasteiger partial charge in [0.1, 0.15) is 6.04 Å². The van der Waals surface area contributed by atoms with Crippen LogP contribution in [0, 0.1) is 0 Å². The van der Waals surface area contributed by atoms with Crippen LogP contribution in [0.5, 0.6) is 0 Å². The van der Waals surface area contributed by atoms with Gasteiger partial charge in [0.15, 0.2) is 0 Å². The average Bonchev–Trinajstić information content (AvgIpc) is 3.14. The molecule has 0 aliphatic carbocycles. The van der Waals surface area contributed by atoms with E-state index >= 15 is 0 Å². The zero-order valence-corrected chi connectivity index (χ0v) is 15.0. The standard InChI is InChI=1S/C24H24N2/c1-18(19-11-5-2-6-12-19)17-22-25-23(20-13-7-3-8-14-20)24(26-22)21-15-9-4-10-16-21/h2-16,18,23-24H,17H2,1H3,(H,25,26)/t18?,23-,24+. The third kappa shape index (κ3) is 3.55. The van der Waals surface area contributed by atoms with Gasteiger partial charge >= 0.3 is 0 Å². The molecule has 1 unspecified atom stereocenters. The van der Waals surface area contributed by atoms with Crippen LogP contribution in [0.15, 0.2) is 96.0 Å². The summed E-state index contributed by atoms with van der Waals surface area (Å²) < 4.78 is 0. The van der Waals surface area contributed by atoms with Gasteiger partial charge < -0.3 is 5.32 Å². The Labute approximate surface area is 155 Å². The predicted molar refractivity (Wildman–Crippen MR) is 108 cm³/mol. The maximum Gasteiger partial charge on any atom is 0.101 e. The summed E-state index contributed by atoms with van der Waals surface area (Å²) >= 11 is 0. The predicted octanol–water partition coefficient (Wildman–Crippen LogP) is 5.66. The Morgan fingerprint density at radius 1 is 0.769 bits per heavy atom. The van der Waals surface area contributed by atoms with Crippen molar-refractivity contribution < 1.29 is 0 Å². The number of nitrogens with one attached hydrogen (secondary N) is 1. The summed E-state index contributed by atoms with van der Waals surface area (Å²) in [6.07, 6.45) is 0.927. The molecule has 2 heteroatoms. The maximum absolute atomic E-state index is 5.09. The monoisotopic (exact) mass is 340 g/mol. The van der Waals surface area contributed by atoms with Crippen molar-refractivity contribution in [3.8, 4) is 0 Å². The van der Waals surface area contributed by atoms with Gasteiger partial charge in [-0.2, -0.15) is 0 Å². The minimum absolute atomic E-state index is 0.122. The Morgan fingerprint density at radius 2 is 1.31 bits per heavy atom. The molecule has 0 aromatic heterocycles. The van der Waals surface area contributed by atoms with Crippen molar-refractivity contribution in [2.45, 2.75) is 31.3 Å². The molecular formula is C24H24N2. The Hall–Kier alpha value is -2.87. The maximum atomic E-state index is 5.09. The van der Waals surface area contributed by atoms with Crippen LogP contribution in [0.4, 0.5) is 0 Å². The van der Waals surface area contributed by atoms with Crippen LogP contribution in [0.1, 0.15) is 48.0 Å². The molecule has 1 heterocycles. The van der Waals surface area contributed by atoms with Crippen molar-refractivity contribution in [2.24, 2.45) is 4.99 Å². The largest absolute Gasteiger partial charge is 0.364 e. The minimum Gasteiger partial charge on any atom is -0.364 e. The van der Waals surface area contributed by atoms with Gasteiger partial charge in [0, 0.05) is 6.42 Å². The fourth-order valence-electron chi connectivity index (χ4n) is 3.68. The number of rotatable bonds is 5. The number of nitrogens with zero attached hydrogens (tertiary/aromatic N) is 1. The molecule has 0 saturated heterocycles. The first-order valence-corrected chi connectivity index (χ1v) is 9.29. The molecule has 0 radical (unpaired) electrons. The highest BCUT2D eigenvalue weighted by Crippen LogP contribution is 2.37. The fraction of sp³-hybridized carbons (Fsp3) is 0.208. The molecule has 3 aromatic carbocycles. The zero-order chi connectivity index (χ0) is 17.8. The SMILES string of the molecule is CC(CC1=N[C@@H](c2ccccc2)[C@@H](c2ccccc2)N1)c1ccccc1. The summed E-state index contributed by atoms with van der Waals surface area (Å²) in [4.78, 5) is 5.09. The summed E-state index contributed by atoms with van der Waals surface area (Å²) in [5.41, 5.74) is 3.90. The first-order valence-electron chi connectivity index (χ1n) is 9.29. The van der Waals surface area contributed by atoms with Gasteiger partial charge in [0.25, 0.3) is 0 Å². The normalized spacial score (nSPS) is 20.3. The highest BCUT2D eigenvalue weighted by atomic mass is 15.1. The summed E-state index contributed by atoms with van der Waals surface area (Å²) in [5, 5.41) is 3.71. The second kappa shape index (κ2) is 7.57. The molecule has 130 valence electrons. The van der Waals surface area contributed by atoms with E-state index in [1.807, 2.05) is 0 Å². The molecule has 2 nitrogen and oxygen atoms in total. The lowest BCUT2D eigenvalue weighted by atomic mass is 9.95. The van der Waals surface area contributed by atoms with Gasteiger partial charge in [-0.25, -0.2) is 0 Å². The van der Waals surface area contributed by atoms with Crippen LogP contribution < -0.4 is 5.32 Å². The summed E-state index contributed by atoms with van der Waals surface area (Å²) in [6.45, 7) is 2.27. The van der Waals surface area contributed by atoms with Crippen molar-refractivity contribution >= 4 is 5.84 Å². The Morgan fingerprint density at radius 3 is 1.92 bits per heavy atom. The number of benzene rings is 3. The van der Waals surface area contributed by atoms with Gasteiger partial charge in [-0.3, -0.25) is 4.99 Å². The van der Waals surface area contributed by atoms with Gasteiger partial charge in [-0.1, -0.05) is 97.9 Å². The molecular weight excluding hydrogens is 316 g/mol. The fourth-order valence-corrected chi connectivity index (χ4v) is 3.68.